The minimum atomic E-state index is -0.742. The Kier molecular flexibility index (Phi) is 5.25. The monoisotopic (exact) mass is 239 g/mol. The number of ether oxygens (including phenoxy) is 2. The smallest absolute Gasteiger partial charge is 0.174 e. The Morgan fingerprint density at radius 3 is 2.35 bits per heavy atom. The van der Waals surface area contributed by atoms with E-state index in [1.807, 2.05) is 26.0 Å². The second-order valence-electron chi connectivity index (χ2n) is 4.43. The highest BCUT2D eigenvalue weighted by atomic mass is 16.5. The molecule has 0 saturated heterocycles. The summed E-state index contributed by atoms with van der Waals surface area (Å²) in [7, 11) is 1.57. The molecule has 3 N–H and O–H groups in total. The van der Waals surface area contributed by atoms with Gasteiger partial charge < -0.3 is 14.6 Å². The van der Waals surface area contributed by atoms with E-state index >= 15 is 0 Å². The van der Waals surface area contributed by atoms with Crippen LogP contribution < -0.4 is 15.2 Å². The molecule has 0 amide bonds. The third-order valence-electron chi connectivity index (χ3n) is 2.42. The van der Waals surface area contributed by atoms with Gasteiger partial charge in [-0.05, 0) is 24.5 Å². The Morgan fingerprint density at radius 1 is 1.24 bits per heavy atom. The van der Waals surface area contributed by atoms with E-state index in [-0.39, 0.29) is 0 Å². The topological polar surface area (TPSA) is 64.7 Å². The number of benzene rings is 1. The Bertz CT molecular complexity index is 341. The van der Waals surface area contributed by atoms with Crippen molar-refractivity contribution in [2.24, 2.45) is 11.7 Å². The Morgan fingerprint density at radius 2 is 1.82 bits per heavy atom. The van der Waals surface area contributed by atoms with Crippen molar-refractivity contribution >= 4 is 0 Å². The van der Waals surface area contributed by atoms with Crippen molar-refractivity contribution in [1.82, 2.24) is 0 Å². The van der Waals surface area contributed by atoms with Crippen LogP contribution in [0.4, 0.5) is 0 Å². The maximum atomic E-state index is 9.82. The summed E-state index contributed by atoms with van der Waals surface area (Å²) in [6, 6.07) is 7.23. The first-order chi connectivity index (χ1) is 8.04. The SMILES string of the molecule is COc1ccccc1OC(N)C(O)CC(C)C. The fourth-order valence-electron chi connectivity index (χ4n) is 1.56. The molecule has 0 radical (unpaired) electrons. The maximum absolute atomic E-state index is 9.82. The molecule has 0 heterocycles. The summed E-state index contributed by atoms with van der Waals surface area (Å²) < 4.78 is 10.6. The highest BCUT2D eigenvalue weighted by molar-refractivity contribution is 5.39. The van der Waals surface area contributed by atoms with Gasteiger partial charge in [0.05, 0.1) is 7.11 Å². The summed E-state index contributed by atoms with van der Waals surface area (Å²) in [5.74, 6) is 1.53. The number of para-hydroxylation sites is 2. The standard InChI is InChI=1S/C13H21NO3/c1-9(2)8-10(15)13(14)17-12-7-5-4-6-11(12)16-3/h4-7,9-10,13,15H,8,14H2,1-3H3. The number of hydrogen-bond acceptors (Lipinski definition) is 4. The minimum Gasteiger partial charge on any atom is -0.493 e. The van der Waals surface area contributed by atoms with Gasteiger partial charge in [-0.3, -0.25) is 5.73 Å². The molecule has 1 rings (SSSR count). The molecule has 2 atom stereocenters. The van der Waals surface area contributed by atoms with Crippen molar-refractivity contribution in [2.45, 2.75) is 32.6 Å². The second-order valence-corrected chi connectivity index (χ2v) is 4.43. The predicted molar refractivity (Wildman–Crippen MR) is 67.1 cm³/mol. The zero-order valence-electron chi connectivity index (χ0n) is 10.6. The first-order valence-electron chi connectivity index (χ1n) is 5.78. The van der Waals surface area contributed by atoms with Crippen LogP contribution in [-0.2, 0) is 0 Å². The van der Waals surface area contributed by atoms with Crippen molar-refractivity contribution in [3.63, 3.8) is 0 Å². The Hall–Kier alpha value is -1.26. The van der Waals surface area contributed by atoms with Crippen molar-refractivity contribution in [3.8, 4) is 11.5 Å². The molecule has 0 saturated carbocycles. The van der Waals surface area contributed by atoms with Crippen molar-refractivity contribution < 1.29 is 14.6 Å². The highest BCUT2D eigenvalue weighted by Gasteiger charge is 2.19. The molecule has 0 aromatic heterocycles. The van der Waals surface area contributed by atoms with Gasteiger partial charge >= 0.3 is 0 Å². The predicted octanol–water partition coefficient (Wildman–Crippen LogP) is 1.77. The van der Waals surface area contributed by atoms with Crippen LogP contribution in [0.2, 0.25) is 0 Å². The van der Waals surface area contributed by atoms with Crippen LogP contribution in [0.25, 0.3) is 0 Å². The van der Waals surface area contributed by atoms with E-state index in [4.69, 9.17) is 15.2 Å². The summed E-state index contributed by atoms with van der Waals surface area (Å²) in [5.41, 5.74) is 5.79. The van der Waals surface area contributed by atoms with Gasteiger partial charge in [-0.25, -0.2) is 0 Å². The average molecular weight is 239 g/mol. The van der Waals surface area contributed by atoms with Gasteiger partial charge in [0.1, 0.15) is 6.10 Å². The van der Waals surface area contributed by atoms with Gasteiger partial charge in [-0.15, -0.1) is 0 Å². The highest BCUT2D eigenvalue weighted by Crippen LogP contribution is 2.27. The van der Waals surface area contributed by atoms with Crippen LogP contribution in [0.3, 0.4) is 0 Å². The number of aliphatic hydroxyl groups is 1. The molecule has 1 aromatic rings. The van der Waals surface area contributed by atoms with Gasteiger partial charge in [0.2, 0.25) is 0 Å². The van der Waals surface area contributed by atoms with Crippen LogP contribution >= 0.6 is 0 Å². The summed E-state index contributed by atoms with van der Waals surface area (Å²) >= 11 is 0. The largest absolute Gasteiger partial charge is 0.493 e. The van der Waals surface area contributed by atoms with Gasteiger partial charge in [-0.2, -0.15) is 0 Å². The Labute approximate surface area is 102 Å². The average Bonchev–Trinajstić information content (AvgIpc) is 2.28. The van der Waals surface area contributed by atoms with Crippen molar-refractivity contribution in [3.05, 3.63) is 24.3 Å². The van der Waals surface area contributed by atoms with Crippen LogP contribution in [0, 0.1) is 5.92 Å². The zero-order chi connectivity index (χ0) is 12.8. The van der Waals surface area contributed by atoms with E-state index in [1.54, 1.807) is 19.2 Å². The quantitative estimate of drug-likeness (QED) is 0.742. The first kappa shape index (κ1) is 13.8. The lowest BCUT2D eigenvalue weighted by atomic mass is 10.1. The Balaban J connectivity index is 2.63. The van der Waals surface area contributed by atoms with E-state index in [1.165, 1.54) is 0 Å². The number of rotatable bonds is 6. The summed E-state index contributed by atoms with van der Waals surface area (Å²) in [6.45, 7) is 4.05. The summed E-state index contributed by atoms with van der Waals surface area (Å²) in [5, 5.41) is 9.82. The molecule has 96 valence electrons. The molecule has 0 aliphatic heterocycles. The van der Waals surface area contributed by atoms with E-state index in [9.17, 15) is 5.11 Å². The van der Waals surface area contributed by atoms with Gasteiger partial charge in [0.15, 0.2) is 17.7 Å². The van der Waals surface area contributed by atoms with E-state index < -0.39 is 12.3 Å². The molecule has 17 heavy (non-hydrogen) atoms. The fraction of sp³-hybridized carbons (Fsp3) is 0.538. The number of hydrogen-bond donors (Lipinski definition) is 2. The number of nitrogens with two attached hydrogens (primary N) is 1. The van der Waals surface area contributed by atoms with E-state index in [2.05, 4.69) is 0 Å². The molecule has 0 fully saturated rings. The zero-order valence-corrected chi connectivity index (χ0v) is 10.6. The van der Waals surface area contributed by atoms with Crippen LogP contribution in [0.5, 0.6) is 11.5 Å². The molecule has 0 aliphatic carbocycles. The summed E-state index contributed by atoms with van der Waals surface area (Å²) in [4.78, 5) is 0. The molecule has 0 bridgehead atoms. The van der Waals surface area contributed by atoms with Crippen molar-refractivity contribution in [1.29, 1.82) is 0 Å². The molecule has 2 unspecified atom stereocenters. The molecule has 1 aromatic carbocycles. The molecular formula is C13H21NO3. The van der Waals surface area contributed by atoms with Crippen molar-refractivity contribution in [2.75, 3.05) is 7.11 Å². The molecule has 0 aliphatic rings. The minimum absolute atomic E-state index is 0.373. The van der Waals surface area contributed by atoms with Gasteiger partial charge in [-0.1, -0.05) is 26.0 Å². The third kappa shape index (κ3) is 4.24. The molecule has 4 nitrogen and oxygen atoms in total. The molecule has 0 spiro atoms. The maximum Gasteiger partial charge on any atom is 0.174 e. The molecule has 4 heteroatoms. The first-order valence-corrected chi connectivity index (χ1v) is 5.78. The lowest BCUT2D eigenvalue weighted by Gasteiger charge is -2.22. The van der Waals surface area contributed by atoms with E-state index in [0.29, 0.717) is 23.8 Å². The number of aliphatic hydroxyl groups excluding tert-OH is 1. The lowest BCUT2D eigenvalue weighted by molar-refractivity contribution is 0.0255. The number of methoxy groups -OCH3 is 1. The summed E-state index contributed by atoms with van der Waals surface area (Å²) in [6.07, 6.45) is -0.815. The molecular weight excluding hydrogens is 218 g/mol. The van der Waals surface area contributed by atoms with Crippen LogP contribution in [-0.4, -0.2) is 24.5 Å². The normalized spacial score (nSPS) is 14.5. The second kappa shape index (κ2) is 6.47. The third-order valence-corrected chi connectivity index (χ3v) is 2.42. The van der Waals surface area contributed by atoms with Crippen LogP contribution in [0.15, 0.2) is 24.3 Å². The van der Waals surface area contributed by atoms with Crippen LogP contribution in [0.1, 0.15) is 20.3 Å². The lowest BCUT2D eigenvalue weighted by Crippen LogP contribution is -2.40. The van der Waals surface area contributed by atoms with Gasteiger partial charge in [0.25, 0.3) is 0 Å². The van der Waals surface area contributed by atoms with E-state index in [0.717, 1.165) is 0 Å². The fourth-order valence-corrected chi connectivity index (χ4v) is 1.56. The van der Waals surface area contributed by atoms with Gasteiger partial charge in [0, 0.05) is 0 Å².